The Hall–Kier alpha value is -1.45. The van der Waals surface area contributed by atoms with Gasteiger partial charge in [-0.15, -0.1) is 10.2 Å². The molecule has 1 N–H and O–H groups in total. The summed E-state index contributed by atoms with van der Waals surface area (Å²) in [6.07, 6.45) is 0. The van der Waals surface area contributed by atoms with Gasteiger partial charge in [-0.25, -0.2) is 0 Å². The molecule has 0 fully saturated rings. The van der Waals surface area contributed by atoms with Crippen LogP contribution in [0.3, 0.4) is 0 Å². The molecule has 11 heteroatoms. The smallest absolute Gasteiger partial charge is 0.234 e. The maximum absolute atomic E-state index is 12.2. The molecule has 0 spiro atoms. The quantitative estimate of drug-likeness (QED) is 0.384. The first-order valence-electron chi connectivity index (χ1n) is 8.17. The zero-order valence-electron chi connectivity index (χ0n) is 15.0. The predicted octanol–water partition coefficient (Wildman–Crippen LogP) is 5.85. The lowest BCUT2D eigenvalue weighted by molar-refractivity contribution is -0.113. The fourth-order valence-corrected chi connectivity index (χ4v) is 4.15. The molecule has 0 unspecified atom stereocenters. The van der Waals surface area contributed by atoms with Crippen molar-refractivity contribution < 1.29 is 9.53 Å². The van der Waals surface area contributed by atoms with Gasteiger partial charge in [0.25, 0.3) is 0 Å². The van der Waals surface area contributed by atoms with Gasteiger partial charge in [0.05, 0.1) is 21.5 Å². The standard InChI is InChI=1S/C18H14BrCl3N4O2S/c1-26-16(8-28-15-5-3-11(20)7-13(15)22)24-25-18(26)29-9-17(27)23-14-4-2-10(19)6-12(14)21/h2-7H,8-9H2,1H3,(H,23,27). The first-order valence-corrected chi connectivity index (χ1v) is 11.1. The summed E-state index contributed by atoms with van der Waals surface area (Å²) in [5.41, 5.74) is 0.548. The minimum absolute atomic E-state index is 0.155. The van der Waals surface area contributed by atoms with Gasteiger partial charge in [0.2, 0.25) is 5.91 Å². The molecule has 0 aliphatic rings. The summed E-state index contributed by atoms with van der Waals surface area (Å²) in [5, 5.41) is 13.0. The molecule has 1 aromatic heterocycles. The molecule has 0 atom stereocenters. The Balaban J connectivity index is 1.55. The lowest BCUT2D eigenvalue weighted by Crippen LogP contribution is -2.15. The number of rotatable bonds is 7. The highest BCUT2D eigenvalue weighted by Gasteiger charge is 2.14. The first-order chi connectivity index (χ1) is 13.8. The first kappa shape index (κ1) is 22.2. The van der Waals surface area contributed by atoms with Crippen LogP contribution in [0.5, 0.6) is 5.75 Å². The van der Waals surface area contributed by atoms with Crippen LogP contribution in [-0.4, -0.2) is 26.4 Å². The largest absolute Gasteiger partial charge is 0.484 e. The topological polar surface area (TPSA) is 69.0 Å². The molecule has 0 radical (unpaired) electrons. The molecule has 0 aliphatic carbocycles. The van der Waals surface area contributed by atoms with Gasteiger partial charge < -0.3 is 14.6 Å². The number of nitrogens with zero attached hydrogens (tertiary/aromatic N) is 3. The Morgan fingerprint density at radius 1 is 1.17 bits per heavy atom. The van der Waals surface area contributed by atoms with E-state index in [0.717, 1.165) is 4.47 Å². The van der Waals surface area contributed by atoms with Crippen LogP contribution >= 0.6 is 62.5 Å². The van der Waals surface area contributed by atoms with E-state index >= 15 is 0 Å². The van der Waals surface area contributed by atoms with Gasteiger partial charge in [0, 0.05) is 16.5 Å². The normalized spacial score (nSPS) is 10.8. The van der Waals surface area contributed by atoms with Crippen LogP contribution in [0.2, 0.25) is 15.1 Å². The van der Waals surface area contributed by atoms with Gasteiger partial charge in [-0.3, -0.25) is 4.79 Å². The van der Waals surface area contributed by atoms with Crippen molar-refractivity contribution in [3.63, 3.8) is 0 Å². The van der Waals surface area contributed by atoms with Crippen LogP contribution in [-0.2, 0) is 18.4 Å². The second-order valence-electron chi connectivity index (χ2n) is 5.78. The highest BCUT2D eigenvalue weighted by atomic mass is 79.9. The second kappa shape index (κ2) is 10.0. The summed E-state index contributed by atoms with van der Waals surface area (Å²) in [4.78, 5) is 12.2. The zero-order chi connectivity index (χ0) is 21.0. The number of nitrogens with one attached hydrogen (secondary N) is 1. The van der Waals surface area contributed by atoms with Crippen LogP contribution in [0, 0.1) is 0 Å². The molecule has 0 aliphatic heterocycles. The molecule has 1 heterocycles. The van der Waals surface area contributed by atoms with E-state index in [2.05, 4.69) is 31.4 Å². The fraction of sp³-hybridized carbons (Fsp3) is 0.167. The molecule has 3 rings (SSSR count). The summed E-state index contributed by atoms with van der Waals surface area (Å²) >= 11 is 22.7. The summed E-state index contributed by atoms with van der Waals surface area (Å²) < 4.78 is 8.27. The van der Waals surface area contributed by atoms with Crippen molar-refractivity contribution in [3.8, 4) is 5.75 Å². The average molecular weight is 537 g/mol. The summed E-state index contributed by atoms with van der Waals surface area (Å²) in [6.45, 7) is 0.173. The number of aromatic nitrogens is 3. The molecule has 3 aromatic rings. The van der Waals surface area contributed by atoms with Crippen LogP contribution in [0.25, 0.3) is 0 Å². The Bertz CT molecular complexity index is 1050. The molecule has 1 amide bonds. The second-order valence-corrected chi connectivity index (χ2v) is 8.89. The number of benzene rings is 2. The number of amides is 1. The maximum Gasteiger partial charge on any atom is 0.234 e. The van der Waals surface area contributed by atoms with Crippen molar-refractivity contribution in [2.75, 3.05) is 11.1 Å². The van der Waals surface area contributed by atoms with Crippen LogP contribution < -0.4 is 10.1 Å². The minimum Gasteiger partial charge on any atom is -0.484 e. The van der Waals surface area contributed by atoms with Crippen LogP contribution in [0.15, 0.2) is 46.0 Å². The number of hydrogen-bond donors (Lipinski definition) is 1. The van der Waals surface area contributed by atoms with Crippen molar-refractivity contribution in [3.05, 3.63) is 61.8 Å². The van der Waals surface area contributed by atoms with Gasteiger partial charge >= 0.3 is 0 Å². The Kier molecular flexibility index (Phi) is 7.70. The van der Waals surface area contributed by atoms with Crippen LogP contribution in [0.1, 0.15) is 5.82 Å². The number of thioether (sulfide) groups is 1. The Morgan fingerprint density at radius 2 is 1.97 bits per heavy atom. The molecular weight excluding hydrogens is 523 g/mol. The average Bonchev–Trinajstić information content (AvgIpc) is 3.01. The number of anilines is 1. The monoisotopic (exact) mass is 534 g/mol. The number of carbonyl (C=O) groups excluding carboxylic acids is 1. The van der Waals surface area contributed by atoms with Crippen molar-refractivity contribution in [1.29, 1.82) is 0 Å². The lowest BCUT2D eigenvalue weighted by atomic mass is 10.3. The van der Waals surface area contributed by atoms with Gasteiger partial charge in [-0.05, 0) is 36.4 Å². The summed E-state index contributed by atoms with van der Waals surface area (Å²) in [7, 11) is 1.80. The van der Waals surface area contributed by atoms with Crippen molar-refractivity contribution in [1.82, 2.24) is 14.8 Å². The minimum atomic E-state index is -0.201. The highest BCUT2D eigenvalue weighted by Crippen LogP contribution is 2.28. The SMILES string of the molecule is Cn1c(COc2ccc(Cl)cc2Cl)nnc1SCC(=O)Nc1ccc(Br)cc1Cl. The fourth-order valence-electron chi connectivity index (χ4n) is 2.24. The van der Waals surface area contributed by atoms with Crippen molar-refractivity contribution >= 4 is 74.1 Å². The molecule has 0 saturated carbocycles. The van der Waals surface area contributed by atoms with E-state index in [1.165, 1.54) is 11.8 Å². The third-order valence-corrected chi connectivity index (χ3v) is 6.07. The molecule has 0 saturated heterocycles. The summed E-state index contributed by atoms with van der Waals surface area (Å²) in [5.74, 6) is 1.05. The third-order valence-electron chi connectivity index (χ3n) is 3.71. The van der Waals surface area contributed by atoms with E-state index in [0.29, 0.717) is 37.5 Å². The van der Waals surface area contributed by atoms with E-state index in [1.807, 2.05) is 0 Å². The van der Waals surface area contributed by atoms with E-state index < -0.39 is 0 Å². The van der Waals surface area contributed by atoms with Gasteiger partial charge in [0.15, 0.2) is 11.0 Å². The zero-order valence-corrected chi connectivity index (χ0v) is 19.6. The Labute approximate surface area is 195 Å². The predicted molar refractivity (Wildman–Crippen MR) is 120 cm³/mol. The molecule has 29 heavy (non-hydrogen) atoms. The number of hydrogen-bond acceptors (Lipinski definition) is 5. The van der Waals surface area contributed by atoms with Crippen LogP contribution in [0.4, 0.5) is 5.69 Å². The van der Waals surface area contributed by atoms with Gasteiger partial charge in [-0.1, -0.05) is 62.5 Å². The van der Waals surface area contributed by atoms with E-state index in [9.17, 15) is 4.79 Å². The van der Waals surface area contributed by atoms with E-state index in [-0.39, 0.29) is 18.3 Å². The molecule has 0 bridgehead atoms. The van der Waals surface area contributed by atoms with Gasteiger partial charge in [0.1, 0.15) is 12.4 Å². The Morgan fingerprint density at radius 3 is 2.69 bits per heavy atom. The van der Waals surface area contributed by atoms with E-state index in [4.69, 9.17) is 39.5 Å². The molecule has 6 nitrogen and oxygen atoms in total. The van der Waals surface area contributed by atoms with E-state index in [1.54, 1.807) is 48.0 Å². The van der Waals surface area contributed by atoms with Crippen molar-refractivity contribution in [2.24, 2.45) is 7.05 Å². The highest BCUT2D eigenvalue weighted by molar-refractivity contribution is 9.10. The van der Waals surface area contributed by atoms with Crippen molar-refractivity contribution in [2.45, 2.75) is 11.8 Å². The number of carbonyl (C=O) groups is 1. The molecular formula is C18H14BrCl3N4O2S. The van der Waals surface area contributed by atoms with Gasteiger partial charge in [-0.2, -0.15) is 0 Å². The number of ether oxygens (including phenoxy) is 1. The third kappa shape index (κ3) is 6.02. The summed E-state index contributed by atoms with van der Waals surface area (Å²) in [6, 6.07) is 10.2. The maximum atomic E-state index is 12.2. The lowest BCUT2D eigenvalue weighted by Gasteiger charge is -2.09. The number of halogens is 4. The molecule has 2 aromatic carbocycles. The molecule has 152 valence electrons.